The average molecular weight is 402 g/mol. The molecule has 5 N–H and O–H groups in total. The van der Waals surface area contributed by atoms with E-state index < -0.39 is 23.8 Å². The third-order valence-electron chi connectivity index (χ3n) is 4.37. The maximum Gasteiger partial charge on any atom is 0.319 e. The van der Waals surface area contributed by atoms with Gasteiger partial charge in [0.1, 0.15) is 11.7 Å². The average Bonchev–Trinajstić information content (AvgIpc) is 2.64. The van der Waals surface area contributed by atoms with Gasteiger partial charge in [-0.1, -0.05) is 12.1 Å². The molecule has 1 aromatic carbocycles. The highest BCUT2D eigenvalue weighted by Gasteiger charge is 2.35. The lowest BCUT2D eigenvalue weighted by Crippen LogP contribution is -2.47. The molecule has 1 heterocycles. The zero-order valence-corrected chi connectivity index (χ0v) is 16.7. The summed E-state index contributed by atoms with van der Waals surface area (Å²) in [5.74, 6) is -2.51. The standard InChI is InChI=1S/C20H26N4O5/c1-11-15(17(26)16(18(21)22)19(27)28-3)12(2)24-20(23-11)29-9-5-7-13-6-4-8-14(25)10-13/h4,6,8,10,16,18,25H,5,7,9,21-22H2,1-3H3/t16-/m1/s1. The maximum atomic E-state index is 12.8. The van der Waals surface area contributed by atoms with Crippen LogP contribution in [0.4, 0.5) is 0 Å². The fourth-order valence-corrected chi connectivity index (χ4v) is 2.98. The van der Waals surface area contributed by atoms with Crippen molar-refractivity contribution < 1.29 is 24.2 Å². The Labute approximate surface area is 169 Å². The molecule has 9 nitrogen and oxygen atoms in total. The Kier molecular flexibility index (Phi) is 7.63. The van der Waals surface area contributed by atoms with Gasteiger partial charge in [-0.3, -0.25) is 9.59 Å². The molecule has 0 amide bonds. The highest BCUT2D eigenvalue weighted by atomic mass is 16.5. The van der Waals surface area contributed by atoms with Crippen molar-refractivity contribution in [2.75, 3.05) is 13.7 Å². The molecule has 0 aliphatic carbocycles. The van der Waals surface area contributed by atoms with E-state index in [1.165, 1.54) is 0 Å². The molecule has 0 aliphatic rings. The first kappa shape index (κ1) is 22.3. The van der Waals surface area contributed by atoms with E-state index in [9.17, 15) is 14.7 Å². The number of Topliss-reactive ketones (excluding diaryl/α,β-unsaturated/α-hetero) is 1. The number of phenolic OH excluding ortho intramolecular Hbond substituents is 1. The lowest BCUT2D eigenvalue weighted by atomic mass is 9.93. The van der Waals surface area contributed by atoms with Crippen LogP contribution in [0, 0.1) is 19.8 Å². The number of benzene rings is 1. The smallest absolute Gasteiger partial charge is 0.319 e. The van der Waals surface area contributed by atoms with Gasteiger partial charge in [-0.05, 0) is 44.4 Å². The number of ketones is 1. The number of nitrogens with zero attached hydrogens (tertiary/aromatic N) is 2. The molecule has 0 radical (unpaired) electrons. The van der Waals surface area contributed by atoms with Crippen LogP contribution in [0.25, 0.3) is 0 Å². The third-order valence-corrected chi connectivity index (χ3v) is 4.37. The van der Waals surface area contributed by atoms with Crippen LogP contribution in [0.2, 0.25) is 0 Å². The Morgan fingerprint density at radius 2 is 1.83 bits per heavy atom. The summed E-state index contributed by atoms with van der Waals surface area (Å²) >= 11 is 0. The summed E-state index contributed by atoms with van der Waals surface area (Å²) in [5, 5.41) is 9.48. The first-order chi connectivity index (χ1) is 13.7. The molecule has 0 saturated heterocycles. The van der Waals surface area contributed by atoms with E-state index in [0.29, 0.717) is 24.4 Å². The van der Waals surface area contributed by atoms with Crippen molar-refractivity contribution in [1.29, 1.82) is 0 Å². The number of carbonyl (C=O) groups excluding carboxylic acids is 2. The van der Waals surface area contributed by atoms with Crippen molar-refractivity contribution in [3.8, 4) is 11.8 Å². The number of ether oxygens (including phenoxy) is 2. The lowest BCUT2D eigenvalue weighted by Gasteiger charge is -2.19. The quantitative estimate of drug-likeness (QED) is 0.184. The minimum atomic E-state index is -1.34. The molecule has 9 heteroatoms. The number of rotatable bonds is 9. The Morgan fingerprint density at radius 1 is 1.17 bits per heavy atom. The molecule has 29 heavy (non-hydrogen) atoms. The van der Waals surface area contributed by atoms with E-state index in [2.05, 4.69) is 14.7 Å². The van der Waals surface area contributed by atoms with Crippen LogP contribution in [-0.2, 0) is 16.0 Å². The number of aryl methyl sites for hydroxylation is 3. The van der Waals surface area contributed by atoms with Crippen LogP contribution in [0.15, 0.2) is 24.3 Å². The van der Waals surface area contributed by atoms with Crippen LogP contribution < -0.4 is 16.2 Å². The first-order valence-corrected chi connectivity index (χ1v) is 9.13. The van der Waals surface area contributed by atoms with Gasteiger partial charge in [0.25, 0.3) is 0 Å². The maximum absolute atomic E-state index is 12.8. The number of nitrogens with two attached hydrogens (primary N) is 2. The molecular formula is C20H26N4O5. The Bertz CT molecular complexity index is 862. The van der Waals surface area contributed by atoms with Crippen molar-refractivity contribution in [2.45, 2.75) is 32.9 Å². The van der Waals surface area contributed by atoms with E-state index in [1.54, 1.807) is 32.0 Å². The summed E-state index contributed by atoms with van der Waals surface area (Å²) in [5.41, 5.74) is 13.1. The van der Waals surface area contributed by atoms with Gasteiger partial charge < -0.3 is 26.0 Å². The summed E-state index contributed by atoms with van der Waals surface area (Å²) in [7, 11) is 1.16. The Hall–Kier alpha value is -3.04. The largest absolute Gasteiger partial charge is 0.508 e. The number of aromatic hydroxyl groups is 1. The van der Waals surface area contributed by atoms with Crippen LogP contribution in [0.3, 0.4) is 0 Å². The van der Waals surface area contributed by atoms with Crippen LogP contribution in [0.5, 0.6) is 11.8 Å². The SMILES string of the molecule is COC(=O)[C@H](C(=O)c1c(C)nc(OCCCc2cccc(O)c2)nc1C)C(N)N. The first-order valence-electron chi connectivity index (χ1n) is 9.13. The van der Waals surface area contributed by atoms with E-state index in [1.807, 2.05) is 6.07 Å². The van der Waals surface area contributed by atoms with Gasteiger partial charge in [0, 0.05) is 0 Å². The molecule has 1 atom stereocenters. The van der Waals surface area contributed by atoms with E-state index in [-0.39, 0.29) is 17.3 Å². The monoisotopic (exact) mass is 402 g/mol. The fourth-order valence-electron chi connectivity index (χ4n) is 2.98. The van der Waals surface area contributed by atoms with Gasteiger partial charge in [0.05, 0.1) is 36.8 Å². The lowest BCUT2D eigenvalue weighted by molar-refractivity contribution is -0.144. The highest BCUT2D eigenvalue weighted by molar-refractivity contribution is 6.10. The zero-order valence-electron chi connectivity index (χ0n) is 16.7. The molecule has 156 valence electrons. The van der Waals surface area contributed by atoms with Crippen molar-refractivity contribution in [3.05, 3.63) is 46.8 Å². The minimum absolute atomic E-state index is 0.138. The number of carbonyl (C=O) groups is 2. The number of esters is 1. The van der Waals surface area contributed by atoms with Crippen LogP contribution in [0.1, 0.15) is 33.7 Å². The van der Waals surface area contributed by atoms with Gasteiger partial charge in [-0.25, -0.2) is 0 Å². The van der Waals surface area contributed by atoms with Crippen molar-refractivity contribution in [2.24, 2.45) is 17.4 Å². The molecule has 0 bridgehead atoms. The molecule has 0 spiro atoms. The topological polar surface area (TPSA) is 151 Å². The van der Waals surface area contributed by atoms with Gasteiger partial charge in [-0.2, -0.15) is 9.97 Å². The molecule has 2 rings (SSSR count). The predicted molar refractivity (Wildman–Crippen MR) is 105 cm³/mol. The van der Waals surface area contributed by atoms with Gasteiger partial charge in [-0.15, -0.1) is 0 Å². The Morgan fingerprint density at radius 3 is 2.38 bits per heavy atom. The molecule has 0 saturated carbocycles. The molecule has 0 aliphatic heterocycles. The van der Waals surface area contributed by atoms with Crippen molar-refractivity contribution >= 4 is 11.8 Å². The zero-order chi connectivity index (χ0) is 21.6. The minimum Gasteiger partial charge on any atom is -0.508 e. The molecular weight excluding hydrogens is 376 g/mol. The van der Waals surface area contributed by atoms with Gasteiger partial charge in [0.15, 0.2) is 5.78 Å². The summed E-state index contributed by atoms with van der Waals surface area (Å²) < 4.78 is 10.2. The number of aromatic nitrogens is 2. The predicted octanol–water partition coefficient (Wildman–Crippen LogP) is 1.03. The van der Waals surface area contributed by atoms with Crippen LogP contribution >= 0.6 is 0 Å². The van der Waals surface area contributed by atoms with Crippen molar-refractivity contribution in [3.63, 3.8) is 0 Å². The fraction of sp³-hybridized carbons (Fsp3) is 0.400. The molecule has 2 aromatic rings. The Balaban J connectivity index is 2.06. The summed E-state index contributed by atoms with van der Waals surface area (Å²) in [4.78, 5) is 33.1. The second kappa shape index (κ2) is 9.94. The number of methoxy groups -OCH3 is 1. The molecule has 0 fully saturated rings. The molecule has 1 aromatic heterocycles. The van der Waals surface area contributed by atoms with Crippen molar-refractivity contribution in [1.82, 2.24) is 9.97 Å². The second-order valence-electron chi connectivity index (χ2n) is 6.62. The number of hydrogen-bond acceptors (Lipinski definition) is 9. The summed E-state index contributed by atoms with van der Waals surface area (Å²) in [6.07, 6.45) is 0.206. The highest BCUT2D eigenvalue weighted by Crippen LogP contribution is 2.20. The van der Waals surface area contributed by atoms with Gasteiger partial charge in [0.2, 0.25) is 0 Å². The number of phenols is 1. The van der Waals surface area contributed by atoms with E-state index >= 15 is 0 Å². The summed E-state index contributed by atoms with van der Waals surface area (Å²) in [6, 6.07) is 7.16. The third kappa shape index (κ3) is 5.72. The van der Waals surface area contributed by atoms with Gasteiger partial charge >= 0.3 is 12.0 Å². The normalized spacial score (nSPS) is 11.9. The van der Waals surface area contributed by atoms with E-state index in [4.69, 9.17) is 16.2 Å². The molecule has 0 unspecified atom stereocenters. The number of hydrogen-bond donors (Lipinski definition) is 3. The van der Waals surface area contributed by atoms with Crippen LogP contribution in [-0.4, -0.2) is 46.7 Å². The van der Waals surface area contributed by atoms with E-state index in [0.717, 1.165) is 19.1 Å². The second-order valence-corrected chi connectivity index (χ2v) is 6.62. The summed E-state index contributed by atoms with van der Waals surface area (Å²) in [6.45, 7) is 3.61.